The number of ether oxygens (including phenoxy) is 2. The third kappa shape index (κ3) is 2.00. The van der Waals surface area contributed by atoms with Gasteiger partial charge in [0.1, 0.15) is 5.60 Å². The van der Waals surface area contributed by atoms with Gasteiger partial charge in [0.05, 0.1) is 6.61 Å². The van der Waals surface area contributed by atoms with Gasteiger partial charge in [-0.05, 0) is 19.8 Å². The Hall–Kier alpha value is -0.610. The van der Waals surface area contributed by atoms with Crippen LogP contribution in [0.15, 0.2) is 0 Å². The van der Waals surface area contributed by atoms with Gasteiger partial charge in [-0.15, -0.1) is 0 Å². The van der Waals surface area contributed by atoms with Gasteiger partial charge in [0.25, 0.3) is 0 Å². The van der Waals surface area contributed by atoms with Crippen molar-refractivity contribution in [1.82, 2.24) is 0 Å². The lowest BCUT2D eigenvalue weighted by atomic mass is 9.84. The smallest absolute Gasteiger partial charge is 0.249 e. The predicted octanol–water partition coefficient (Wildman–Crippen LogP) is 0.303. The van der Waals surface area contributed by atoms with Crippen LogP contribution in [0, 0.1) is 5.92 Å². The van der Waals surface area contributed by atoms with Gasteiger partial charge in [0, 0.05) is 19.6 Å². The van der Waals surface area contributed by atoms with E-state index in [2.05, 4.69) is 0 Å². The van der Waals surface area contributed by atoms with Gasteiger partial charge in [-0.2, -0.15) is 0 Å². The van der Waals surface area contributed by atoms with Crippen LogP contribution in [0.3, 0.4) is 0 Å². The molecule has 1 fully saturated rings. The quantitative estimate of drug-likeness (QED) is 0.691. The summed E-state index contributed by atoms with van der Waals surface area (Å²) in [6, 6.07) is 0. The van der Waals surface area contributed by atoms with E-state index < -0.39 is 11.5 Å². The SMILES string of the molecule is COC(C)(C(N)=O)C1CCCOC1. The molecular weight excluding hydrogens is 170 g/mol. The maximum atomic E-state index is 11.2. The Labute approximate surface area is 78.4 Å². The summed E-state index contributed by atoms with van der Waals surface area (Å²) < 4.78 is 10.5. The van der Waals surface area contributed by atoms with Gasteiger partial charge in [-0.3, -0.25) is 4.79 Å². The fourth-order valence-electron chi connectivity index (χ4n) is 1.64. The molecule has 0 aromatic heterocycles. The van der Waals surface area contributed by atoms with Crippen LogP contribution in [0.25, 0.3) is 0 Å². The fraction of sp³-hybridized carbons (Fsp3) is 0.889. The monoisotopic (exact) mass is 187 g/mol. The summed E-state index contributed by atoms with van der Waals surface area (Å²) in [5, 5.41) is 0. The Bertz CT molecular complexity index is 189. The summed E-state index contributed by atoms with van der Waals surface area (Å²) in [5.74, 6) is -0.325. The summed E-state index contributed by atoms with van der Waals surface area (Å²) in [7, 11) is 1.51. The number of methoxy groups -OCH3 is 1. The Morgan fingerprint density at radius 2 is 2.38 bits per heavy atom. The van der Waals surface area contributed by atoms with E-state index in [4.69, 9.17) is 15.2 Å². The Balaban J connectivity index is 2.68. The van der Waals surface area contributed by atoms with Gasteiger partial charge in [-0.25, -0.2) is 0 Å². The molecule has 0 aliphatic carbocycles. The number of amides is 1. The molecule has 1 aliphatic rings. The molecule has 1 amide bonds. The normalized spacial score (nSPS) is 28.0. The molecule has 1 aliphatic heterocycles. The molecule has 0 radical (unpaired) electrons. The zero-order chi connectivity index (χ0) is 9.90. The molecule has 0 aromatic rings. The van der Waals surface area contributed by atoms with Gasteiger partial charge in [0.15, 0.2) is 0 Å². The van der Waals surface area contributed by atoms with Gasteiger partial charge in [0.2, 0.25) is 5.91 Å². The number of hydrogen-bond acceptors (Lipinski definition) is 3. The second-order valence-electron chi connectivity index (χ2n) is 3.59. The highest BCUT2D eigenvalue weighted by molar-refractivity contribution is 5.83. The highest BCUT2D eigenvalue weighted by Crippen LogP contribution is 2.28. The van der Waals surface area contributed by atoms with E-state index in [1.807, 2.05) is 0 Å². The molecule has 1 saturated heterocycles. The first-order valence-corrected chi connectivity index (χ1v) is 4.54. The second kappa shape index (κ2) is 4.07. The minimum atomic E-state index is -0.875. The molecule has 2 unspecified atom stereocenters. The molecule has 0 saturated carbocycles. The molecule has 4 nitrogen and oxygen atoms in total. The number of hydrogen-bond donors (Lipinski definition) is 1. The average Bonchev–Trinajstić information content (AvgIpc) is 2.17. The zero-order valence-electron chi connectivity index (χ0n) is 8.21. The summed E-state index contributed by atoms with van der Waals surface area (Å²) >= 11 is 0. The molecule has 76 valence electrons. The van der Waals surface area contributed by atoms with Crippen LogP contribution in [0.1, 0.15) is 19.8 Å². The third-order valence-corrected chi connectivity index (χ3v) is 2.85. The lowest BCUT2D eigenvalue weighted by Gasteiger charge is -2.35. The summed E-state index contributed by atoms with van der Waals surface area (Å²) in [4.78, 5) is 11.2. The number of carbonyl (C=O) groups is 1. The second-order valence-corrected chi connectivity index (χ2v) is 3.59. The minimum absolute atomic E-state index is 0.0868. The van der Waals surface area contributed by atoms with Crippen molar-refractivity contribution < 1.29 is 14.3 Å². The molecule has 0 spiro atoms. The number of nitrogens with two attached hydrogens (primary N) is 1. The highest BCUT2D eigenvalue weighted by atomic mass is 16.5. The molecule has 1 rings (SSSR count). The van der Waals surface area contributed by atoms with Crippen molar-refractivity contribution in [1.29, 1.82) is 0 Å². The van der Waals surface area contributed by atoms with Gasteiger partial charge in [-0.1, -0.05) is 0 Å². The van der Waals surface area contributed by atoms with E-state index in [9.17, 15) is 4.79 Å². The van der Waals surface area contributed by atoms with Crippen LogP contribution in [-0.2, 0) is 14.3 Å². The summed E-state index contributed by atoms with van der Waals surface area (Å²) in [6.45, 7) is 3.07. The Kier molecular flexibility index (Phi) is 3.27. The van der Waals surface area contributed by atoms with Gasteiger partial charge < -0.3 is 15.2 Å². The first kappa shape index (κ1) is 10.5. The van der Waals surface area contributed by atoms with Crippen molar-refractivity contribution in [2.75, 3.05) is 20.3 Å². The maximum absolute atomic E-state index is 11.2. The predicted molar refractivity (Wildman–Crippen MR) is 48.2 cm³/mol. The number of primary amides is 1. The Morgan fingerprint density at radius 3 is 2.77 bits per heavy atom. The van der Waals surface area contributed by atoms with Crippen molar-refractivity contribution in [3.8, 4) is 0 Å². The topological polar surface area (TPSA) is 61.5 Å². The van der Waals surface area contributed by atoms with Crippen LogP contribution >= 0.6 is 0 Å². The largest absolute Gasteiger partial charge is 0.381 e. The molecular formula is C9H17NO3. The first-order valence-electron chi connectivity index (χ1n) is 4.54. The lowest BCUT2D eigenvalue weighted by Crippen LogP contribution is -2.51. The average molecular weight is 187 g/mol. The zero-order valence-corrected chi connectivity index (χ0v) is 8.21. The van der Waals surface area contributed by atoms with Crippen LogP contribution in [0.5, 0.6) is 0 Å². The molecule has 1 heterocycles. The highest BCUT2D eigenvalue weighted by Gasteiger charge is 2.40. The van der Waals surface area contributed by atoms with Crippen molar-refractivity contribution in [3.05, 3.63) is 0 Å². The van der Waals surface area contributed by atoms with Crippen LogP contribution in [-0.4, -0.2) is 31.8 Å². The molecule has 4 heteroatoms. The van der Waals surface area contributed by atoms with E-state index >= 15 is 0 Å². The minimum Gasteiger partial charge on any atom is -0.381 e. The molecule has 13 heavy (non-hydrogen) atoms. The molecule has 0 aromatic carbocycles. The molecule has 2 N–H and O–H groups in total. The lowest BCUT2D eigenvalue weighted by molar-refractivity contribution is -0.151. The van der Waals surface area contributed by atoms with Crippen LogP contribution in [0.2, 0.25) is 0 Å². The van der Waals surface area contributed by atoms with Crippen molar-refractivity contribution in [2.24, 2.45) is 11.7 Å². The van der Waals surface area contributed by atoms with E-state index in [0.717, 1.165) is 19.4 Å². The van der Waals surface area contributed by atoms with Crippen LogP contribution in [0.4, 0.5) is 0 Å². The van der Waals surface area contributed by atoms with E-state index in [1.165, 1.54) is 7.11 Å². The van der Waals surface area contributed by atoms with Crippen LogP contribution < -0.4 is 5.73 Å². The van der Waals surface area contributed by atoms with E-state index in [1.54, 1.807) is 6.92 Å². The van der Waals surface area contributed by atoms with Crippen molar-refractivity contribution in [2.45, 2.75) is 25.4 Å². The molecule has 0 bridgehead atoms. The number of rotatable bonds is 3. The van der Waals surface area contributed by atoms with Gasteiger partial charge >= 0.3 is 0 Å². The summed E-state index contributed by atoms with van der Waals surface area (Å²) in [6.07, 6.45) is 1.91. The Morgan fingerprint density at radius 1 is 1.69 bits per heavy atom. The summed E-state index contributed by atoms with van der Waals surface area (Å²) in [5.41, 5.74) is 4.42. The number of carbonyl (C=O) groups excluding carboxylic acids is 1. The molecule has 2 atom stereocenters. The van der Waals surface area contributed by atoms with E-state index in [-0.39, 0.29) is 5.92 Å². The fourth-order valence-corrected chi connectivity index (χ4v) is 1.64. The van der Waals surface area contributed by atoms with Crippen molar-refractivity contribution in [3.63, 3.8) is 0 Å². The third-order valence-electron chi connectivity index (χ3n) is 2.85. The standard InChI is InChI=1S/C9H17NO3/c1-9(12-2,8(10)11)7-4-3-5-13-6-7/h7H,3-6H2,1-2H3,(H2,10,11). The van der Waals surface area contributed by atoms with E-state index in [0.29, 0.717) is 6.61 Å². The van der Waals surface area contributed by atoms with Crippen molar-refractivity contribution >= 4 is 5.91 Å². The first-order chi connectivity index (χ1) is 6.11. The maximum Gasteiger partial charge on any atom is 0.249 e.